The van der Waals surface area contributed by atoms with Crippen LogP contribution in [-0.4, -0.2) is 25.5 Å². The van der Waals surface area contributed by atoms with E-state index in [-0.39, 0.29) is 11.9 Å². The summed E-state index contributed by atoms with van der Waals surface area (Å²) in [5, 5.41) is 7.93. The third kappa shape index (κ3) is 6.19. The summed E-state index contributed by atoms with van der Waals surface area (Å²) >= 11 is 0. The molecule has 3 amide bonds. The summed E-state index contributed by atoms with van der Waals surface area (Å²) in [6, 6.07) is 6.70. The number of benzene rings is 1. The van der Waals surface area contributed by atoms with E-state index in [1.807, 2.05) is 0 Å². The number of amides is 3. The molecule has 1 rings (SSSR count). The summed E-state index contributed by atoms with van der Waals surface area (Å²) < 4.78 is 0. The Hall–Kier alpha value is -2.08. The first-order valence-corrected chi connectivity index (χ1v) is 6.74. The zero-order valence-corrected chi connectivity index (χ0v) is 11.7. The van der Waals surface area contributed by atoms with Crippen LogP contribution in [0.4, 0.5) is 16.2 Å². The van der Waals surface area contributed by atoms with Gasteiger partial charge >= 0.3 is 6.03 Å². The van der Waals surface area contributed by atoms with Crippen molar-refractivity contribution in [3.63, 3.8) is 0 Å². The molecule has 0 radical (unpaired) electrons. The first kappa shape index (κ1) is 16.0. The van der Waals surface area contributed by atoms with Crippen molar-refractivity contribution in [2.45, 2.75) is 25.7 Å². The third-order valence-corrected chi connectivity index (χ3v) is 2.76. The summed E-state index contributed by atoms with van der Waals surface area (Å²) in [5.41, 5.74) is 6.78. The van der Waals surface area contributed by atoms with Crippen LogP contribution in [-0.2, 0) is 4.79 Å². The van der Waals surface area contributed by atoms with E-state index in [0.717, 1.165) is 24.9 Å². The van der Waals surface area contributed by atoms with Gasteiger partial charge in [0.15, 0.2) is 0 Å². The van der Waals surface area contributed by atoms with Crippen molar-refractivity contribution in [1.82, 2.24) is 5.32 Å². The van der Waals surface area contributed by atoms with Gasteiger partial charge in [-0.15, -0.1) is 0 Å². The molecule has 0 atom stereocenters. The number of unbranched alkanes of at least 4 members (excludes halogenated alkanes) is 2. The van der Waals surface area contributed by atoms with Gasteiger partial charge in [-0.3, -0.25) is 4.79 Å². The third-order valence-electron chi connectivity index (χ3n) is 2.76. The van der Waals surface area contributed by atoms with Crippen molar-refractivity contribution < 1.29 is 9.59 Å². The number of nitrogens with two attached hydrogens (primary N) is 1. The molecular weight excluding hydrogens is 256 g/mol. The second-order valence-electron chi connectivity index (χ2n) is 4.43. The minimum absolute atomic E-state index is 0.00553. The van der Waals surface area contributed by atoms with Crippen LogP contribution >= 0.6 is 0 Å². The number of nitrogens with one attached hydrogen (secondary N) is 3. The lowest BCUT2D eigenvalue weighted by atomic mass is 10.2. The maximum Gasteiger partial charge on any atom is 0.318 e. The van der Waals surface area contributed by atoms with Crippen molar-refractivity contribution in [2.75, 3.05) is 24.2 Å². The normalized spacial score (nSPS) is 9.90. The number of hydrogen-bond donors (Lipinski definition) is 4. The monoisotopic (exact) mass is 278 g/mol. The Morgan fingerprint density at radius 3 is 2.15 bits per heavy atom. The highest BCUT2D eigenvalue weighted by molar-refractivity contribution is 5.92. The molecule has 6 nitrogen and oxygen atoms in total. The standard InChI is InChI=1S/C14H22N4O2/c1-16-14(20)18-12-8-6-11(7-9-12)17-13(19)5-3-2-4-10-15/h6-9H,2-5,10,15H2,1H3,(H,17,19)(H2,16,18,20). The molecule has 0 saturated carbocycles. The number of carbonyl (C=O) groups excluding carboxylic acids is 2. The molecule has 6 heteroatoms. The fraction of sp³-hybridized carbons (Fsp3) is 0.429. The van der Waals surface area contributed by atoms with Gasteiger partial charge in [0.25, 0.3) is 0 Å². The van der Waals surface area contributed by atoms with Gasteiger partial charge in [0.2, 0.25) is 5.91 Å². The van der Waals surface area contributed by atoms with Crippen molar-refractivity contribution in [2.24, 2.45) is 5.73 Å². The Kier molecular flexibility index (Phi) is 7.13. The van der Waals surface area contributed by atoms with Crippen molar-refractivity contribution in [1.29, 1.82) is 0 Å². The molecule has 0 aromatic heterocycles. The van der Waals surface area contributed by atoms with E-state index in [1.54, 1.807) is 31.3 Å². The molecule has 0 heterocycles. The van der Waals surface area contributed by atoms with Crippen LogP contribution in [0.3, 0.4) is 0 Å². The SMILES string of the molecule is CNC(=O)Nc1ccc(NC(=O)CCCCCN)cc1. The fourth-order valence-electron chi connectivity index (χ4n) is 1.66. The Morgan fingerprint density at radius 2 is 1.60 bits per heavy atom. The van der Waals surface area contributed by atoms with Gasteiger partial charge in [-0.25, -0.2) is 4.79 Å². The summed E-state index contributed by atoms with van der Waals surface area (Å²) in [6.07, 6.45) is 3.27. The molecule has 0 aliphatic rings. The smallest absolute Gasteiger partial charge is 0.318 e. The average molecular weight is 278 g/mol. The molecule has 5 N–H and O–H groups in total. The van der Waals surface area contributed by atoms with E-state index >= 15 is 0 Å². The first-order chi connectivity index (χ1) is 9.65. The zero-order chi connectivity index (χ0) is 14.8. The topological polar surface area (TPSA) is 96.2 Å². The Balaban J connectivity index is 2.37. The van der Waals surface area contributed by atoms with Gasteiger partial charge in [0.05, 0.1) is 0 Å². The number of urea groups is 1. The summed E-state index contributed by atoms with van der Waals surface area (Å²) in [6.45, 7) is 0.668. The Bertz CT molecular complexity index is 431. The lowest BCUT2D eigenvalue weighted by molar-refractivity contribution is -0.116. The van der Waals surface area contributed by atoms with E-state index in [2.05, 4.69) is 16.0 Å². The van der Waals surface area contributed by atoms with Gasteiger partial charge in [0, 0.05) is 24.8 Å². The molecule has 0 fully saturated rings. The first-order valence-electron chi connectivity index (χ1n) is 6.74. The van der Waals surface area contributed by atoms with Gasteiger partial charge in [0.1, 0.15) is 0 Å². The minimum atomic E-state index is -0.276. The van der Waals surface area contributed by atoms with E-state index in [9.17, 15) is 9.59 Å². The molecule has 0 aliphatic heterocycles. The Labute approximate surface area is 119 Å². The zero-order valence-electron chi connectivity index (χ0n) is 11.7. The summed E-state index contributed by atoms with van der Waals surface area (Å²) in [4.78, 5) is 22.8. The maximum absolute atomic E-state index is 11.7. The predicted molar refractivity (Wildman–Crippen MR) is 80.7 cm³/mol. The van der Waals surface area contributed by atoms with Gasteiger partial charge in [-0.2, -0.15) is 0 Å². The second kappa shape index (κ2) is 8.92. The minimum Gasteiger partial charge on any atom is -0.341 e. The molecule has 0 aliphatic carbocycles. The average Bonchev–Trinajstić information content (AvgIpc) is 2.45. The van der Waals surface area contributed by atoms with Crippen molar-refractivity contribution >= 4 is 23.3 Å². The number of hydrogen-bond acceptors (Lipinski definition) is 3. The van der Waals surface area contributed by atoms with Crippen LogP contribution in [0.15, 0.2) is 24.3 Å². The van der Waals surface area contributed by atoms with Crippen LogP contribution in [0.25, 0.3) is 0 Å². The lowest BCUT2D eigenvalue weighted by Gasteiger charge is -2.07. The molecule has 20 heavy (non-hydrogen) atoms. The van der Waals surface area contributed by atoms with Crippen LogP contribution in [0.5, 0.6) is 0 Å². The number of carbonyl (C=O) groups is 2. The number of anilines is 2. The van der Waals surface area contributed by atoms with E-state index in [0.29, 0.717) is 18.7 Å². The molecule has 0 spiro atoms. The highest BCUT2D eigenvalue weighted by Crippen LogP contribution is 2.14. The van der Waals surface area contributed by atoms with Gasteiger partial charge in [-0.1, -0.05) is 6.42 Å². The lowest BCUT2D eigenvalue weighted by Crippen LogP contribution is -2.24. The molecular formula is C14H22N4O2. The second-order valence-corrected chi connectivity index (χ2v) is 4.43. The summed E-state index contributed by atoms with van der Waals surface area (Å²) in [7, 11) is 1.55. The van der Waals surface area contributed by atoms with Crippen LogP contribution < -0.4 is 21.7 Å². The molecule has 0 saturated heterocycles. The van der Waals surface area contributed by atoms with E-state index < -0.39 is 0 Å². The largest absolute Gasteiger partial charge is 0.341 e. The van der Waals surface area contributed by atoms with Gasteiger partial charge in [-0.05, 0) is 43.7 Å². The molecule has 1 aromatic rings. The Morgan fingerprint density at radius 1 is 1.00 bits per heavy atom. The predicted octanol–water partition coefficient (Wildman–Crippen LogP) is 1.90. The summed E-state index contributed by atoms with van der Waals surface area (Å²) in [5.74, 6) is -0.00553. The fourth-order valence-corrected chi connectivity index (χ4v) is 1.66. The van der Waals surface area contributed by atoms with Crippen LogP contribution in [0.2, 0.25) is 0 Å². The molecule has 0 bridgehead atoms. The molecule has 110 valence electrons. The highest BCUT2D eigenvalue weighted by Gasteiger charge is 2.03. The quantitative estimate of drug-likeness (QED) is 0.573. The van der Waals surface area contributed by atoms with Crippen molar-refractivity contribution in [3.05, 3.63) is 24.3 Å². The van der Waals surface area contributed by atoms with E-state index in [1.165, 1.54) is 0 Å². The van der Waals surface area contributed by atoms with Gasteiger partial charge < -0.3 is 21.7 Å². The van der Waals surface area contributed by atoms with Crippen molar-refractivity contribution in [3.8, 4) is 0 Å². The van der Waals surface area contributed by atoms with E-state index in [4.69, 9.17) is 5.73 Å². The van der Waals surface area contributed by atoms with Crippen LogP contribution in [0, 0.1) is 0 Å². The highest BCUT2D eigenvalue weighted by atomic mass is 16.2. The number of rotatable bonds is 7. The maximum atomic E-state index is 11.7. The van der Waals surface area contributed by atoms with Crippen LogP contribution in [0.1, 0.15) is 25.7 Å². The molecule has 0 unspecified atom stereocenters. The molecule has 1 aromatic carbocycles.